The van der Waals surface area contributed by atoms with Crippen molar-refractivity contribution in [2.75, 3.05) is 0 Å². The summed E-state index contributed by atoms with van der Waals surface area (Å²) in [6, 6.07) is 0. The van der Waals surface area contributed by atoms with Gasteiger partial charge in [0.05, 0.1) is 0 Å². The summed E-state index contributed by atoms with van der Waals surface area (Å²) in [5.41, 5.74) is 0. The number of aliphatic carboxylic acids is 3. The first-order valence-corrected chi connectivity index (χ1v) is 25.9. The number of carbonyl (C=O) groups excluding carboxylic acids is 3. The summed E-state index contributed by atoms with van der Waals surface area (Å²) < 4.78 is 0. The molecule has 0 saturated carbocycles. The maximum atomic E-state index is 10.2. The van der Waals surface area contributed by atoms with Gasteiger partial charge in [0.25, 0.3) is 0 Å². The van der Waals surface area contributed by atoms with E-state index in [4.69, 9.17) is 0 Å². The smallest absolute Gasteiger partial charge is 0.550 e. The molecule has 359 valence electrons. The number of allylic oxidation sites excluding steroid dienone is 6. The van der Waals surface area contributed by atoms with Crippen molar-refractivity contribution < 1.29 is 49.2 Å². The van der Waals surface area contributed by atoms with Crippen LogP contribution < -0.4 is 15.3 Å². The summed E-state index contributed by atoms with van der Waals surface area (Å²) >= 11 is 0. The predicted octanol–water partition coefficient (Wildman–Crippen LogP) is 14.3. The Labute approximate surface area is 392 Å². The fourth-order valence-corrected chi connectivity index (χ4v) is 7.02. The largest absolute Gasteiger partial charge is 3.00 e. The molecule has 0 aliphatic heterocycles. The Bertz CT molecular complexity index is 827. The van der Waals surface area contributed by atoms with Crippen LogP contribution in [-0.4, -0.2) is 17.9 Å². The molecule has 0 N–H and O–H groups in total. The van der Waals surface area contributed by atoms with Crippen molar-refractivity contribution in [1.29, 1.82) is 0 Å². The second-order valence-corrected chi connectivity index (χ2v) is 17.1. The Morgan fingerprint density at radius 2 is 0.410 bits per heavy atom. The average Bonchev–Trinajstić information content (AvgIpc) is 3.22. The van der Waals surface area contributed by atoms with Crippen molar-refractivity contribution in [2.45, 2.75) is 290 Å². The quantitative estimate of drug-likeness (QED) is 0.0341. The maximum Gasteiger partial charge on any atom is 3.00 e. The van der Waals surface area contributed by atoms with Crippen LogP contribution in [0.3, 0.4) is 0 Å². The second kappa shape index (κ2) is 62.5. The van der Waals surface area contributed by atoms with Crippen LogP contribution in [0.5, 0.6) is 0 Å². The van der Waals surface area contributed by atoms with Gasteiger partial charge in [-0.15, -0.1) is 0 Å². The predicted molar refractivity (Wildman–Crippen MR) is 253 cm³/mol. The molecule has 0 aromatic carbocycles. The van der Waals surface area contributed by atoms with E-state index in [0.717, 1.165) is 57.8 Å². The van der Waals surface area contributed by atoms with E-state index in [1.165, 1.54) is 193 Å². The Kier molecular flexibility index (Phi) is 67.5. The van der Waals surface area contributed by atoms with Crippen molar-refractivity contribution >= 4 is 17.9 Å². The van der Waals surface area contributed by atoms with E-state index in [1.54, 1.807) is 0 Å². The summed E-state index contributed by atoms with van der Waals surface area (Å²) in [7, 11) is 0. The van der Waals surface area contributed by atoms with E-state index in [0.29, 0.717) is 0 Å². The van der Waals surface area contributed by atoms with Gasteiger partial charge in [0.15, 0.2) is 0 Å². The van der Waals surface area contributed by atoms with Gasteiger partial charge in [-0.25, -0.2) is 0 Å². The molecule has 0 aromatic heterocycles. The normalized spacial score (nSPS) is 11.1. The summed E-state index contributed by atoms with van der Waals surface area (Å²) in [4.78, 5) is 30.6. The van der Waals surface area contributed by atoms with Gasteiger partial charge in [-0.2, -0.15) is 0 Å². The van der Waals surface area contributed by atoms with Gasteiger partial charge in [0.2, 0.25) is 0 Å². The van der Waals surface area contributed by atoms with Crippen LogP contribution in [0.4, 0.5) is 0 Å². The zero-order valence-corrected chi connectivity index (χ0v) is 42.2. The van der Waals surface area contributed by atoms with Crippen LogP contribution in [0.15, 0.2) is 36.5 Å². The van der Waals surface area contributed by atoms with Crippen LogP contribution in [-0.2, 0) is 33.9 Å². The maximum absolute atomic E-state index is 10.2. The third-order valence-electron chi connectivity index (χ3n) is 10.9. The Morgan fingerprint density at radius 1 is 0.262 bits per heavy atom. The minimum atomic E-state index is -0.914. The van der Waals surface area contributed by atoms with Gasteiger partial charge in [-0.1, -0.05) is 211 Å². The molecule has 0 aromatic rings. The molecular weight excluding hydrogens is 846 g/mol. The molecule has 0 aliphatic carbocycles. The summed E-state index contributed by atoms with van der Waals surface area (Å²) in [6.45, 7) is 6.77. The van der Waals surface area contributed by atoms with Gasteiger partial charge in [0, 0.05) is 17.9 Å². The Balaban J connectivity index is -0.000000396. The number of hydrogen-bond acceptors (Lipinski definition) is 6. The average molecular weight is 945 g/mol. The van der Waals surface area contributed by atoms with Crippen molar-refractivity contribution in [2.24, 2.45) is 0 Å². The van der Waals surface area contributed by atoms with Crippen LogP contribution in [0.25, 0.3) is 0 Å². The van der Waals surface area contributed by atoms with Gasteiger partial charge in [0.1, 0.15) is 0 Å². The zero-order valence-electron chi connectivity index (χ0n) is 40.5. The van der Waals surface area contributed by atoms with Gasteiger partial charge >= 0.3 is 19.5 Å². The molecule has 0 spiro atoms. The number of hydrogen-bond donors (Lipinski definition) is 0. The molecule has 1 radical (unpaired) electrons. The molecule has 0 heterocycles. The molecule has 0 saturated heterocycles. The molecule has 0 amide bonds. The molecule has 0 rings (SSSR count). The van der Waals surface area contributed by atoms with E-state index < -0.39 is 17.9 Å². The molecule has 0 fully saturated rings. The molecule has 61 heavy (non-hydrogen) atoms. The molecule has 6 nitrogen and oxygen atoms in total. The van der Waals surface area contributed by atoms with Crippen LogP contribution >= 0.6 is 0 Å². The summed E-state index contributed by atoms with van der Waals surface area (Å²) in [6.07, 6.45) is 62.7. The van der Waals surface area contributed by atoms with Crippen LogP contribution in [0.1, 0.15) is 290 Å². The first kappa shape index (κ1) is 65.9. The third-order valence-corrected chi connectivity index (χ3v) is 10.9. The van der Waals surface area contributed by atoms with E-state index in [1.807, 2.05) is 0 Å². The fraction of sp³-hybridized carbons (Fsp3) is 0.833. The summed E-state index contributed by atoms with van der Waals surface area (Å²) in [5, 5.41) is 30.6. The number of carboxylic acids is 3. The number of rotatable bonds is 45. The Morgan fingerprint density at radius 3 is 0.574 bits per heavy atom. The molecule has 0 unspecified atom stereocenters. The van der Waals surface area contributed by atoms with E-state index in [2.05, 4.69) is 57.2 Å². The molecular formula is C54H99O6Ru. The molecule has 7 heteroatoms. The standard InChI is InChI=1S/3C18H34O2.Ru/c3*1-2-3-4-5-6-7-8-9-10-11-12-13-14-15-16-17-18(19)20;/h3*9-10H,2-8,11-17H2,1H3,(H,19,20);/q;;;+3/p-3/b3*10-9-;. The van der Waals surface area contributed by atoms with Crippen molar-refractivity contribution in [3.05, 3.63) is 36.5 Å². The van der Waals surface area contributed by atoms with Crippen molar-refractivity contribution in [3.63, 3.8) is 0 Å². The van der Waals surface area contributed by atoms with Crippen LogP contribution in [0, 0.1) is 0 Å². The Hall–Kier alpha value is -1.75. The first-order valence-electron chi connectivity index (χ1n) is 25.9. The topological polar surface area (TPSA) is 120 Å². The minimum Gasteiger partial charge on any atom is -0.550 e. The fourth-order valence-electron chi connectivity index (χ4n) is 7.02. The van der Waals surface area contributed by atoms with Crippen LogP contribution in [0.2, 0.25) is 0 Å². The van der Waals surface area contributed by atoms with E-state index in [-0.39, 0.29) is 38.7 Å². The van der Waals surface area contributed by atoms with Gasteiger partial charge in [-0.3, -0.25) is 0 Å². The van der Waals surface area contributed by atoms with E-state index >= 15 is 0 Å². The molecule has 0 atom stereocenters. The van der Waals surface area contributed by atoms with Gasteiger partial charge in [-0.05, 0) is 116 Å². The monoisotopic (exact) mass is 946 g/mol. The molecule has 0 aliphatic rings. The zero-order chi connectivity index (χ0) is 44.7. The van der Waals surface area contributed by atoms with Crippen molar-refractivity contribution in [1.82, 2.24) is 0 Å². The summed E-state index contributed by atoms with van der Waals surface area (Å²) in [5.74, 6) is -2.74. The first-order chi connectivity index (χ1) is 29.3. The molecule has 0 bridgehead atoms. The number of carboxylic acid groups (broad SMARTS) is 3. The van der Waals surface area contributed by atoms with Crippen molar-refractivity contribution in [3.8, 4) is 0 Å². The third kappa shape index (κ3) is 76.0. The number of carbonyl (C=O) groups is 3. The number of unbranched alkanes of at least 4 members (excludes halogenated alkanes) is 33. The minimum absolute atomic E-state index is 0. The SMILES string of the molecule is CCCCCCCC/C=C\CCCCCCCC(=O)[O-].CCCCCCCC/C=C\CCCCCCCC(=O)[O-].CCCCCCCC/C=C\CCCCCCCC(=O)[O-].[Ru+3]. The second-order valence-electron chi connectivity index (χ2n) is 17.1. The van der Waals surface area contributed by atoms with Gasteiger partial charge < -0.3 is 29.7 Å². The van der Waals surface area contributed by atoms with E-state index in [9.17, 15) is 29.7 Å².